The van der Waals surface area contributed by atoms with Gasteiger partial charge in [0.2, 0.25) is 0 Å². The van der Waals surface area contributed by atoms with Crippen LogP contribution in [-0.2, 0) is 17.8 Å². The van der Waals surface area contributed by atoms with E-state index in [1.165, 1.54) is 0 Å². The van der Waals surface area contributed by atoms with Gasteiger partial charge in [0.25, 0.3) is 0 Å². The molecular formula is C14H13BrN2O2S. The third kappa shape index (κ3) is 2.71. The van der Waals surface area contributed by atoms with Crippen molar-refractivity contribution in [3.63, 3.8) is 0 Å². The lowest BCUT2D eigenvalue weighted by molar-refractivity contribution is -0.138. The molecule has 2 aromatic rings. The Morgan fingerprint density at radius 1 is 1.55 bits per heavy atom. The minimum atomic E-state index is -0.771. The highest BCUT2D eigenvalue weighted by molar-refractivity contribution is 9.10. The standard InChI is InChI=1S/C14H13BrN2O2S/c15-9-3-1-2-8(6-9)7-16-14-17-12-10(13(18)19)4-5-11(12)20-14/h1-3,6,10H,4-5,7H2,(H,16,17)(H,18,19). The van der Waals surface area contributed by atoms with Gasteiger partial charge in [-0.3, -0.25) is 4.79 Å². The van der Waals surface area contributed by atoms with E-state index in [0.29, 0.717) is 13.0 Å². The molecule has 1 aliphatic carbocycles. The monoisotopic (exact) mass is 352 g/mol. The molecule has 1 aromatic carbocycles. The Balaban J connectivity index is 1.71. The molecule has 2 N–H and O–H groups in total. The second-order valence-electron chi connectivity index (χ2n) is 4.74. The van der Waals surface area contributed by atoms with Gasteiger partial charge in [0.1, 0.15) is 5.92 Å². The molecule has 0 bridgehead atoms. The van der Waals surface area contributed by atoms with Gasteiger partial charge in [0.05, 0.1) is 5.69 Å². The van der Waals surface area contributed by atoms with Crippen molar-refractivity contribution in [1.29, 1.82) is 0 Å². The van der Waals surface area contributed by atoms with Crippen LogP contribution in [0, 0.1) is 0 Å². The van der Waals surface area contributed by atoms with Crippen LogP contribution in [0.2, 0.25) is 0 Å². The van der Waals surface area contributed by atoms with E-state index in [0.717, 1.165) is 32.2 Å². The molecule has 0 radical (unpaired) electrons. The van der Waals surface area contributed by atoms with Crippen LogP contribution in [0.4, 0.5) is 5.13 Å². The highest BCUT2D eigenvalue weighted by atomic mass is 79.9. The molecule has 3 rings (SSSR count). The molecule has 0 fully saturated rings. The number of rotatable bonds is 4. The number of anilines is 1. The molecule has 4 nitrogen and oxygen atoms in total. The van der Waals surface area contributed by atoms with Crippen LogP contribution in [0.25, 0.3) is 0 Å². The molecule has 1 atom stereocenters. The Labute approximate surface area is 129 Å². The average Bonchev–Trinajstić information content (AvgIpc) is 2.95. The zero-order chi connectivity index (χ0) is 14.1. The molecule has 104 valence electrons. The largest absolute Gasteiger partial charge is 0.481 e. The molecule has 0 aliphatic heterocycles. The first kappa shape index (κ1) is 13.6. The fraction of sp³-hybridized carbons (Fsp3) is 0.286. The number of aromatic nitrogens is 1. The van der Waals surface area contributed by atoms with Gasteiger partial charge >= 0.3 is 5.97 Å². The SMILES string of the molecule is O=C(O)C1CCc2sc(NCc3cccc(Br)c3)nc21. The van der Waals surface area contributed by atoms with Crippen molar-refractivity contribution in [1.82, 2.24) is 4.98 Å². The van der Waals surface area contributed by atoms with E-state index in [1.807, 2.05) is 24.3 Å². The van der Waals surface area contributed by atoms with Gasteiger partial charge in [0.15, 0.2) is 5.13 Å². The van der Waals surface area contributed by atoms with E-state index in [1.54, 1.807) is 11.3 Å². The van der Waals surface area contributed by atoms with E-state index in [-0.39, 0.29) is 0 Å². The van der Waals surface area contributed by atoms with Gasteiger partial charge < -0.3 is 10.4 Å². The molecule has 20 heavy (non-hydrogen) atoms. The summed E-state index contributed by atoms with van der Waals surface area (Å²) in [6, 6.07) is 8.07. The van der Waals surface area contributed by atoms with E-state index in [9.17, 15) is 4.79 Å². The fourth-order valence-electron chi connectivity index (χ4n) is 2.37. The minimum Gasteiger partial charge on any atom is -0.481 e. The maximum Gasteiger partial charge on any atom is 0.312 e. The van der Waals surface area contributed by atoms with Crippen molar-refractivity contribution in [2.75, 3.05) is 5.32 Å². The summed E-state index contributed by atoms with van der Waals surface area (Å²) in [4.78, 5) is 16.7. The van der Waals surface area contributed by atoms with Crippen molar-refractivity contribution in [2.45, 2.75) is 25.3 Å². The van der Waals surface area contributed by atoms with Gasteiger partial charge in [-0.05, 0) is 30.5 Å². The maximum absolute atomic E-state index is 11.1. The smallest absolute Gasteiger partial charge is 0.312 e. The van der Waals surface area contributed by atoms with E-state index in [4.69, 9.17) is 5.11 Å². The molecule has 1 heterocycles. The van der Waals surface area contributed by atoms with Crippen LogP contribution >= 0.6 is 27.3 Å². The van der Waals surface area contributed by atoms with E-state index >= 15 is 0 Å². The van der Waals surface area contributed by atoms with Crippen LogP contribution in [-0.4, -0.2) is 16.1 Å². The molecular weight excluding hydrogens is 340 g/mol. The minimum absolute atomic E-state index is 0.428. The summed E-state index contributed by atoms with van der Waals surface area (Å²) in [7, 11) is 0. The van der Waals surface area contributed by atoms with E-state index < -0.39 is 11.9 Å². The second-order valence-corrected chi connectivity index (χ2v) is 6.74. The quantitative estimate of drug-likeness (QED) is 0.881. The average molecular weight is 353 g/mol. The lowest BCUT2D eigenvalue weighted by Gasteiger charge is -2.04. The van der Waals surface area contributed by atoms with Gasteiger partial charge in [-0.2, -0.15) is 0 Å². The molecule has 0 saturated heterocycles. The van der Waals surface area contributed by atoms with Crippen LogP contribution in [0.1, 0.15) is 28.5 Å². The number of benzene rings is 1. The van der Waals surface area contributed by atoms with Crippen molar-refractivity contribution in [3.8, 4) is 0 Å². The Kier molecular flexibility index (Phi) is 3.76. The summed E-state index contributed by atoms with van der Waals surface area (Å²) in [5.74, 6) is -1.20. The van der Waals surface area contributed by atoms with Crippen molar-refractivity contribution in [3.05, 3.63) is 44.9 Å². The molecule has 1 aliphatic rings. The van der Waals surface area contributed by atoms with Crippen molar-refractivity contribution >= 4 is 38.4 Å². The topological polar surface area (TPSA) is 62.2 Å². The van der Waals surface area contributed by atoms with Gasteiger partial charge in [0, 0.05) is 15.9 Å². The number of aliphatic carboxylic acids is 1. The van der Waals surface area contributed by atoms with Crippen molar-refractivity contribution in [2.24, 2.45) is 0 Å². The van der Waals surface area contributed by atoms with Gasteiger partial charge in [-0.15, -0.1) is 11.3 Å². The lowest BCUT2D eigenvalue weighted by atomic mass is 10.1. The fourth-order valence-corrected chi connectivity index (χ4v) is 3.85. The summed E-state index contributed by atoms with van der Waals surface area (Å²) < 4.78 is 1.05. The first-order chi connectivity index (χ1) is 9.63. The summed E-state index contributed by atoms with van der Waals surface area (Å²) in [6.07, 6.45) is 1.50. The van der Waals surface area contributed by atoms with Crippen LogP contribution in [0.5, 0.6) is 0 Å². The molecule has 6 heteroatoms. The Morgan fingerprint density at radius 2 is 2.40 bits per heavy atom. The number of aryl methyl sites for hydroxylation is 1. The van der Waals surface area contributed by atoms with Gasteiger partial charge in [-0.1, -0.05) is 28.1 Å². The highest BCUT2D eigenvalue weighted by Crippen LogP contribution is 2.38. The predicted octanol–water partition coefficient (Wildman–Crippen LogP) is 3.63. The van der Waals surface area contributed by atoms with Crippen LogP contribution in [0.15, 0.2) is 28.7 Å². The molecule has 0 saturated carbocycles. The van der Waals surface area contributed by atoms with Crippen LogP contribution < -0.4 is 5.32 Å². The number of thiazole rings is 1. The number of hydrogen-bond acceptors (Lipinski definition) is 4. The Bertz CT molecular complexity index is 656. The number of carbonyl (C=O) groups is 1. The second kappa shape index (κ2) is 5.54. The summed E-state index contributed by atoms with van der Waals surface area (Å²) in [5, 5.41) is 13.2. The number of nitrogens with zero attached hydrogens (tertiary/aromatic N) is 1. The van der Waals surface area contributed by atoms with Crippen LogP contribution in [0.3, 0.4) is 0 Å². The Hall–Kier alpha value is -1.40. The Morgan fingerprint density at radius 3 is 3.15 bits per heavy atom. The zero-order valence-electron chi connectivity index (χ0n) is 10.6. The van der Waals surface area contributed by atoms with Crippen molar-refractivity contribution < 1.29 is 9.90 Å². The third-order valence-corrected chi connectivity index (χ3v) is 4.93. The normalized spacial score (nSPS) is 16.9. The predicted molar refractivity (Wildman–Crippen MR) is 82.3 cm³/mol. The number of fused-ring (bicyclic) bond motifs is 1. The number of halogens is 1. The summed E-state index contributed by atoms with van der Waals surface area (Å²) >= 11 is 5.01. The molecule has 1 unspecified atom stereocenters. The highest BCUT2D eigenvalue weighted by Gasteiger charge is 2.32. The summed E-state index contributed by atoms with van der Waals surface area (Å²) in [5.41, 5.74) is 1.91. The lowest BCUT2D eigenvalue weighted by Crippen LogP contribution is -2.09. The number of hydrogen-bond donors (Lipinski definition) is 2. The number of nitrogens with one attached hydrogen (secondary N) is 1. The summed E-state index contributed by atoms with van der Waals surface area (Å²) in [6.45, 7) is 0.684. The van der Waals surface area contributed by atoms with E-state index in [2.05, 4.69) is 26.2 Å². The first-order valence-corrected chi connectivity index (χ1v) is 7.95. The number of carboxylic acids is 1. The number of carboxylic acid groups (broad SMARTS) is 1. The molecule has 1 aromatic heterocycles. The molecule has 0 amide bonds. The third-order valence-electron chi connectivity index (χ3n) is 3.35. The van der Waals surface area contributed by atoms with Gasteiger partial charge in [-0.25, -0.2) is 4.98 Å². The first-order valence-electron chi connectivity index (χ1n) is 6.34. The molecule has 0 spiro atoms. The maximum atomic E-state index is 11.1. The zero-order valence-corrected chi connectivity index (χ0v) is 13.0.